The highest BCUT2D eigenvalue weighted by Crippen LogP contribution is 2.46. The number of alkyl halides is 24. The molecule has 10 fully saturated rings. The first-order chi connectivity index (χ1) is 68.4. The lowest BCUT2D eigenvalue weighted by atomic mass is 9.85. The maximum absolute atomic E-state index is 12.7. The molecule has 0 aliphatic carbocycles. The van der Waals surface area contributed by atoms with Crippen molar-refractivity contribution in [3.8, 4) is 0 Å². The fourth-order valence-electron chi connectivity index (χ4n) is 19.6. The normalized spacial score (nSPS) is 20.3. The first kappa shape index (κ1) is 116. The van der Waals surface area contributed by atoms with Crippen molar-refractivity contribution in [2.24, 2.45) is 5.92 Å². The van der Waals surface area contributed by atoms with Gasteiger partial charge in [0.2, 0.25) is 0 Å². The fourth-order valence-corrected chi connectivity index (χ4v) is 19.6. The number of likely N-dealkylation sites (tertiary alicyclic amines) is 2. The monoisotopic (exact) mass is 2140 g/mol. The minimum atomic E-state index is -5.75. The van der Waals surface area contributed by atoms with Gasteiger partial charge in [-0.2, -0.15) is 105 Å². The van der Waals surface area contributed by atoms with Gasteiger partial charge in [0.15, 0.2) is 0 Å². The van der Waals surface area contributed by atoms with E-state index in [1.807, 2.05) is 117 Å². The lowest BCUT2D eigenvalue weighted by molar-refractivity contribution is -0.309. The maximum Gasteiger partial charge on any atom is 0.434 e. The van der Waals surface area contributed by atoms with Crippen LogP contribution in [-0.4, -0.2) is 410 Å². The third-order valence-corrected chi connectivity index (χ3v) is 27.2. The van der Waals surface area contributed by atoms with Gasteiger partial charge in [-0.05, 0) is 141 Å². The molecule has 2 bridgehead atoms. The molecule has 4 aromatic carbocycles. The molecular formula is C92H115F24N15O16. The van der Waals surface area contributed by atoms with Crippen LogP contribution in [0.1, 0.15) is 83.0 Å². The van der Waals surface area contributed by atoms with Gasteiger partial charge in [-0.25, -0.2) is 19.2 Å². The van der Waals surface area contributed by atoms with Crippen molar-refractivity contribution in [3.05, 3.63) is 117 Å². The molecule has 4 aromatic rings. The molecule has 31 nitrogen and oxygen atoms in total. The van der Waals surface area contributed by atoms with Gasteiger partial charge in [-0.1, -0.05) is 48.5 Å². The van der Waals surface area contributed by atoms with E-state index in [0.717, 1.165) is 126 Å². The van der Waals surface area contributed by atoms with Crippen LogP contribution < -0.4 is 19.6 Å². The number of hydrogen-bond donors (Lipinski definition) is 4. The highest BCUT2D eigenvalue weighted by Gasteiger charge is 2.64. The largest absolute Gasteiger partial charge is 0.481 e. The molecule has 10 heterocycles. The number of carboxylic acids is 4. The summed E-state index contributed by atoms with van der Waals surface area (Å²) >= 11 is 0. The quantitative estimate of drug-likeness (QED) is 0.0374. The number of aliphatic carboxylic acids is 4. The molecule has 2 atom stereocenters. The predicted molar refractivity (Wildman–Crippen MR) is 477 cm³/mol. The van der Waals surface area contributed by atoms with E-state index in [1.165, 1.54) is 0 Å². The Kier molecular flexibility index (Phi) is 37.9. The van der Waals surface area contributed by atoms with E-state index in [-0.39, 0.29) is 154 Å². The number of fused-ring (bicyclic) bond motifs is 2. The van der Waals surface area contributed by atoms with Crippen LogP contribution in [0.2, 0.25) is 0 Å². The average Bonchev–Trinajstić information content (AvgIpc) is 1.66. The van der Waals surface area contributed by atoms with Crippen molar-refractivity contribution in [1.29, 1.82) is 0 Å². The Morgan fingerprint density at radius 2 is 0.612 bits per heavy atom. The number of rotatable bonds is 24. The summed E-state index contributed by atoms with van der Waals surface area (Å²) in [7, 11) is 0. The van der Waals surface area contributed by atoms with E-state index in [4.69, 9.17) is 15.3 Å². The second-order valence-corrected chi connectivity index (χ2v) is 38.2. The number of carboxylic acid groups (broad SMARTS) is 4. The molecule has 4 N–H and O–H groups in total. The number of ether oxygens (including phenoxy) is 4. The molecule has 4 amide bonds. The summed E-state index contributed by atoms with van der Waals surface area (Å²) in [5.74, 6) is -3.26. The zero-order valence-electron chi connectivity index (χ0n) is 80.2. The predicted octanol–water partition coefficient (Wildman–Crippen LogP) is 14.0. The first-order valence-electron chi connectivity index (χ1n) is 47.1. The van der Waals surface area contributed by atoms with Crippen molar-refractivity contribution < 1.29 is 183 Å². The summed E-state index contributed by atoms with van der Waals surface area (Å²) in [4.78, 5) is 118. The second-order valence-electron chi connectivity index (χ2n) is 38.2. The molecule has 10 saturated heterocycles. The van der Waals surface area contributed by atoms with E-state index in [2.05, 4.69) is 56.7 Å². The van der Waals surface area contributed by atoms with Crippen LogP contribution >= 0.6 is 0 Å². The Morgan fingerprint density at radius 1 is 0.327 bits per heavy atom. The van der Waals surface area contributed by atoms with Gasteiger partial charge in [0.1, 0.15) is 0 Å². The zero-order valence-corrected chi connectivity index (χ0v) is 80.2. The number of carbonyl (C=O) groups excluding carboxylic acids is 4. The highest BCUT2D eigenvalue weighted by atomic mass is 19.4. The molecule has 0 saturated carbocycles. The zero-order chi connectivity index (χ0) is 108. The lowest BCUT2D eigenvalue weighted by Gasteiger charge is -2.54. The molecule has 147 heavy (non-hydrogen) atoms. The SMILES string of the molecule is Cc1ccc(CN2CCN(C(=O)OC(C(F)(F)F)C(F)(F)F)CC2)c(N2CC3(CCCN3CC(=O)O)C2)c1.Cc1ccc(CN2CCN(C(=O)OC(C(F)(F)F)C(F)(F)F)CC2)c(N2CC3CC2CN3CC(=O)O)c1.Cc1ccc(CN2CCN(C(=O)OC(C(F)(F)F)C(F)(F)F)CC2)c(N2CCC(CC(=O)O)CC2)c1.Cc1ccc(CN2CCN(C(=O)OC(C(F)(F)F)C(F)(F)F)CC2)c(N2CCN(CC(=O)O)CC2)c1. The van der Waals surface area contributed by atoms with Gasteiger partial charge in [0.05, 0.1) is 25.2 Å². The second kappa shape index (κ2) is 47.9. The molecular weight excluding hydrogens is 2030 g/mol. The molecule has 10 aliphatic heterocycles. The maximum atomic E-state index is 12.7. The number of nitrogens with zero attached hydrogens (tertiary/aromatic N) is 15. The van der Waals surface area contributed by atoms with Gasteiger partial charge in [-0.15, -0.1) is 0 Å². The summed E-state index contributed by atoms with van der Waals surface area (Å²) in [6, 6.07) is 24.3. The van der Waals surface area contributed by atoms with Gasteiger partial charge in [-0.3, -0.25) is 53.5 Å². The van der Waals surface area contributed by atoms with E-state index < -0.39 is 122 Å². The van der Waals surface area contributed by atoms with Gasteiger partial charge >= 0.3 is 97.7 Å². The molecule has 1 spiro atoms. The molecule has 0 aromatic heterocycles. The van der Waals surface area contributed by atoms with Crippen LogP contribution in [0.15, 0.2) is 72.8 Å². The average molecular weight is 2140 g/mol. The van der Waals surface area contributed by atoms with Crippen LogP contribution in [0.3, 0.4) is 0 Å². The minimum absolute atomic E-state index is 0.00785. The number of aryl methyl sites for hydroxylation is 4. The van der Waals surface area contributed by atoms with Gasteiger partial charge in [0, 0.05) is 238 Å². The number of piperidine rings is 1. The Hall–Kier alpha value is -10.9. The van der Waals surface area contributed by atoms with Crippen LogP contribution in [0.25, 0.3) is 0 Å². The van der Waals surface area contributed by atoms with E-state index in [9.17, 15) is 149 Å². The molecule has 10 aliphatic rings. The summed E-state index contributed by atoms with van der Waals surface area (Å²) < 4.78 is 320. The van der Waals surface area contributed by atoms with Crippen molar-refractivity contribution in [2.45, 2.75) is 184 Å². The number of halogens is 24. The van der Waals surface area contributed by atoms with E-state index >= 15 is 0 Å². The van der Waals surface area contributed by atoms with Gasteiger partial charge in [0.25, 0.3) is 24.4 Å². The number of benzene rings is 4. The smallest absolute Gasteiger partial charge is 0.434 e. The third kappa shape index (κ3) is 32.3. The summed E-state index contributed by atoms with van der Waals surface area (Å²) in [5, 5.41) is 36.4. The highest BCUT2D eigenvalue weighted by molar-refractivity contribution is 5.73. The Balaban J connectivity index is 0.000000186. The van der Waals surface area contributed by atoms with Crippen LogP contribution in [0, 0.1) is 33.6 Å². The Labute approximate surface area is 828 Å². The van der Waals surface area contributed by atoms with Crippen molar-refractivity contribution in [1.82, 2.24) is 53.9 Å². The number of carbonyl (C=O) groups is 8. The van der Waals surface area contributed by atoms with Crippen molar-refractivity contribution in [2.75, 3.05) is 216 Å². The number of amides is 4. The number of piperazine rings is 6. The molecule has 14 rings (SSSR count). The summed E-state index contributed by atoms with van der Waals surface area (Å²) in [5.41, 5.74) is 12.1. The fraction of sp³-hybridized carbons (Fsp3) is 0.652. The van der Waals surface area contributed by atoms with Gasteiger partial charge < -0.3 is 78.6 Å². The van der Waals surface area contributed by atoms with E-state index in [0.29, 0.717) is 91.6 Å². The standard InChI is InChI=1S/C24H30F6N4O4.C23H28F6N4O4.C23H29F6N3O4.C22H28F6N4O4/c1-16-3-4-17(18(11-16)33-14-22(15-33)5-2-6-34(22)13-19(35)36)12-31-7-9-32(10-8-31)21(37)38-20(23(25,26)27)24(28,29)30;1-14-2-3-15(18(8-14)33-12-16-9-17(33)11-32(16)13-19(34)35)10-30-4-6-31(7-5-30)21(36)37-20(22(24,25)26)23(27,28)29;1-15-2-3-17(18(12-15)31-6-4-16(5-7-31)13-19(33)34)14-30-8-10-32(11-9-30)21(35)36-20(22(24,25)26)23(27,28)29;1-15-2-3-16(17(12-15)31-8-4-30(5-9-31)14-18(33)34)13-29-6-10-32(11-7-29)20(35)36-19(21(23,24)25)22(26,27)28/h3-4,11,20H,2,5-10,12-15H2,1H3,(H,35,36);2-3,8,16-17,20H,4-7,9-13H2,1H3,(H,34,35);2-3,12,16,20H,4-11,13-14H2,1H3,(H,33,34);2-3,12,19H,4-11,13-14H2,1H3,(H,33,34). The summed E-state index contributed by atoms with van der Waals surface area (Å²) in [6.45, 7) is 18.7. The van der Waals surface area contributed by atoms with Crippen LogP contribution in [0.4, 0.5) is 147 Å². The molecule has 0 radical (unpaired) electrons. The Bertz CT molecular complexity index is 4940. The lowest BCUT2D eigenvalue weighted by Crippen LogP contribution is -2.68. The number of anilines is 4. The molecule has 55 heteroatoms. The minimum Gasteiger partial charge on any atom is -0.481 e. The Morgan fingerprint density at radius 3 is 0.898 bits per heavy atom. The van der Waals surface area contributed by atoms with Crippen LogP contribution in [0.5, 0.6) is 0 Å². The topological polar surface area (TPSA) is 303 Å². The van der Waals surface area contributed by atoms with Crippen molar-refractivity contribution in [3.63, 3.8) is 0 Å². The third-order valence-electron chi connectivity index (χ3n) is 27.2. The molecule has 822 valence electrons. The number of hydrogen-bond acceptors (Lipinski definition) is 23. The molecule has 2 unspecified atom stereocenters. The summed E-state index contributed by atoms with van der Waals surface area (Å²) in [6.07, 6.45) is -64.8. The van der Waals surface area contributed by atoms with Crippen LogP contribution in [-0.2, 0) is 64.3 Å². The van der Waals surface area contributed by atoms with Crippen molar-refractivity contribution >= 4 is 71.0 Å². The first-order valence-corrected chi connectivity index (χ1v) is 47.1. The van der Waals surface area contributed by atoms with E-state index in [1.54, 1.807) is 0 Å².